The molecule has 0 aromatic carbocycles. The first kappa shape index (κ1) is 13.9. The molecule has 1 aliphatic rings. The summed E-state index contributed by atoms with van der Waals surface area (Å²) in [6.45, 7) is 7.69. The molecule has 0 aliphatic heterocycles. The fourth-order valence-electron chi connectivity index (χ4n) is 2.93. The monoisotopic (exact) mass is 228 g/mol. The maximum atomic E-state index is 5.17. The van der Waals surface area contributed by atoms with E-state index in [0.717, 1.165) is 26.2 Å². The number of ether oxygens (including phenoxy) is 1. The predicted octanol–water partition coefficient (Wildman–Crippen LogP) is 1.73. The van der Waals surface area contributed by atoms with Gasteiger partial charge in [-0.1, -0.05) is 19.8 Å². The van der Waals surface area contributed by atoms with Gasteiger partial charge < -0.3 is 15.0 Å². The molecule has 1 fully saturated rings. The molecular formula is C13H28N2O. The molecule has 3 nitrogen and oxygen atoms in total. The van der Waals surface area contributed by atoms with Crippen LogP contribution >= 0.6 is 0 Å². The smallest absolute Gasteiger partial charge is 0.0589 e. The Hall–Kier alpha value is -0.120. The van der Waals surface area contributed by atoms with Gasteiger partial charge in [-0.2, -0.15) is 0 Å². The van der Waals surface area contributed by atoms with Crippen LogP contribution in [0.15, 0.2) is 0 Å². The number of methoxy groups -OCH3 is 1. The highest BCUT2D eigenvalue weighted by atomic mass is 16.5. The SMILES string of the molecule is CCN(CCOC)CC1(CNC)CCCC1. The summed E-state index contributed by atoms with van der Waals surface area (Å²) in [5.74, 6) is 0. The van der Waals surface area contributed by atoms with E-state index in [1.165, 1.54) is 32.2 Å². The van der Waals surface area contributed by atoms with Crippen LogP contribution in [0.5, 0.6) is 0 Å². The molecule has 1 rings (SSSR count). The van der Waals surface area contributed by atoms with Crippen LogP contribution in [0.4, 0.5) is 0 Å². The molecule has 1 aliphatic carbocycles. The second-order valence-corrected chi connectivity index (χ2v) is 5.10. The summed E-state index contributed by atoms with van der Waals surface area (Å²) < 4.78 is 5.17. The molecule has 0 aromatic heterocycles. The van der Waals surface area contributed by atoms with E-state index in [4.69, 9.17) is 4.74 Å². The predicted molar refractivity (Wildman–Crippen MR) is 68.8 cm³/mol. The Balaban J connectivity index is 2.45. The number of hydrogen-bond donors (Lipinski definition) is 1. The van der Waals surface area contributed by atoms with Crippen LogP contribution in [0.1, 0.15) is 32.6 Å². The highest BCUT2D eigenvalue weighted by Crippen LogP contribution is 2.38. The number of rotatable bonds is 8. The van der Waals surface area contributed by atoms with Crippen LogP contribution in [0.25, 0.3) is 0 Å². The molecule has 3 heteroatoms. The third-order valence-electron chi connectivity index (χ3n) is 3.83. The zero-order valence-electron chi connectivity index (χ0n) is 11.2. The Morgan fingerprint density at radius 3 is 2.50 bits per heavy atom. The van der Waals surface area contributed by atoms with Crippen LogP contribution in [0.3, 0.4) is 0 Å². The van der Waals surface area contributed by atoms with Gasteiger partial charge in [-0.3, -0.25) is 0 Å². The molecule has 0 unspecified atom stereocenters. The molecule has 0 bridgehead atoms. The summed E-state index contributed by atoms with van der Waals surface area (Å²) in [5.41, 5.74) is 0.526. The van der Waals surface area contributed by atoms with E-state index < -0.39 is 0 Å². The van der Waals surface area contributed by atoms with Crippen LogP contribution in [-0.4, -0.2) is 51.8 Å². The van der Waals surface area contributed by atoms with Gasteiger partial charge in [0.05, 0.1) is 6.61 Å². The highest BCUT2D eigenvalue weighted by Gasteiger charge is 2.34. The first-order valence-corrected chi connectivity index (χ1v) is 6.62. The minimum atomic E-state index is 0.526. The quantitative estimate of drug-likeness (QED) is 0.685. The molecule has 1 N–H and O–H groups in total. The lowest BCUT2D eigenvalue weighted by atomic mass is 9.85. The third-order valence-corrected chi connectivity index (χ3v) is 3.83. The van der Waals surface area contributed by atoms with Crippen molar-refractivity contribution in [3.8, 4) is 0 Å². The zero-order valence-corrected chi connectivity index (χ0v) is 11.2. The second kappa shape index (κ2) is 7.25. The van der Waals surface area contributed by atoms with Gasteiger partial charge in [0, 0.05) is 26.7 Å². The summed E-state index contributed by atoms with van der Waals surface area (Å²) in [5, 5.41) is 3.38. The van der Waals surface area contributed by atoms with Gasteiger partial charge in [-0.15, -0.1) is 0 Å². The molecule has 0 aromatic rings. The lowest BCUT2D eigenvalue weighted by molar-refractivity contribution is 0.110. The van der Waals surface area contributed by atoms with E-state index in [2.05, 4.69) is 24.2 Å². The number of nitrogens with zero attached hydrogens (tertiary/aromatic N) is 1. The van der Waals surface area contributed by atoms with Crippen molar-refractivity contribution in [2.45, 2.75) is 32.6 Å². The minimum absolute atomic E-state index is 0.526. The molecule has 0 heterocycles. The van der Waals surface area contributed by atoms with E-state index in [-0.39, 0.29) is 0 Å². The van der Waals surface area contributed by atoms with E-state index in [1.54, 1.807) is 7.11 Å². The maximum Gasteiger partial charge on any atom is 0.0589 e. The Bertz CT molecular complexity index is 179. The summed E-state index contributed by atoms with van der Waals surface area (Å²) in [6, 6.07) is 0. The van der Waals surface area contributed by atoms with E-state index in [0.29, 0.717) is 5.41 Å². The summed E-state index contributed by atoms with van der Waals surface area (Å²) in [4.78, 5) is 2.53. The van der Waals surface area contributed by atoms with E-state index >= 15 is 0 Å². The van der Waals surface area contributed by atoms with Crippen LogP contribution in [0.2, 0.25) is 0 Å². The van der Waals surface area contributed by atoms with E-state index in [1.807, 2.05) is 0 Å². The summed E-state index contributed by atoms with van der Waals surface area (Å²) in [7, 11) is 3.86. The largest absolute Gasteiger partial charge is 0.383 e. The van der Waals surface area contributed by atoms with E-state index in [9.17, 15) is 0 Å². The lowest BCUT2D eigenvalue weighted by Gasteiger charge is -2.35. The standard InChI is InChI=1S/C13H28N2O/c1-4-15(9-10-16-3)12-13(11-14-2)7-5-6-8-13/h14H,4-12H2,1-3H3. The van der Waals surface area contributed by atoms with Crippen LogP contribution in [0, 0.1) is 5.41 Å². The molecule has 0 amide bonds. The van der Waals surface area contributed by atoms with Crippen molar-refractivity contribution in [3.63, 3.8) is 0 Å². The Morgan fingerprint density at radius 2 is 2.00 bits per heavy atom. The molecule has 0 saturated heterocycles. The topological polar surface area (TPSA) is 24.5 Å². The Labute approximate surface area is 101 Å². The van der Waals surface area contributed by atoms with Crippen molar-refractivity contribution < 1.29 is 4.74 Å². The normalized spacial score (nSPS) is 19.5. The van der Waals surface area contributed by atoms with Crippen LogP contribution < -0.4 is 5.32 Å². The van der Waals surface area contributed by atoms with Gasteiger partial charge in [0.15, 0.2) is 0 Å². The summed E-state index contributed by atoms with van der Waals surface area (Å²) >= 11 is 0. The highest BCUT2D eigenvalue weighted by molar-refractivity contribution is 4.89. The fraction of sp³-hybridized carbons (Fsp3) is 1.00. The van der Waals surface area contributed by atoms with Crippen molar-refractivity contribution in [1.29, 1.82) is 0 Å². The minimum Gasteiger partial charge on any atom is -0.383 e. The fourth-order valence-corrected chi connectivity index (χ4v) is 2.93. The summed E-state index contributed by atoms with van der Waals surface area (Å²) in [6.07, 6.45) is 5.58. The molecule has 16 heavy (non-hydrogen) atoms. The zero-order chi connectivity index (χ0) is 11.9. The second-order valence-electron chi connectivity index (χ2n) is 5.10. The van der Waals surface area contributed by atoms with Crippen molar-refractivity contribution >= 4 is 0 Å². The maximum absolute atomic E-state index is 5.17. The average Bonchev–Trinajstić information content (AvgIpc) is 2.73. The number of likely N-dealkylation sites (N-methyl/N-ethyl adjacent to an activating group) is 1. The Morgan fingerprint density at radius 1 is 1.31 bits per heavy atom. The van der Waals surface area contributed by atoms with Crippen molar-refractivity contribution in [2.24, 2.45) is 5.41 Å². The molecule has 0 atom stereocenters. The molecule has 0 radical (unpaired) electrons. The van der Waals surface area contributed by atoms with Gasteiger partial charge in [-0.25, -0.2) is 0 Å². The molecule has 0 spiro atoms. The molecule has 1 saturated carbocycles. The van der Waals surface area contributed by atoms with Crippen molar-refractivity contribution in [3.05, 3.63) is 0 Å². The van der Waals surface area contributed by atoms with Gasteiger partial charge >= 0.3 is 0 Å². The van der Waals surface area contributed by atoms with Crippen molar-refractivity contribution in [2.75, 3.05) is 46.9 Å². The van der Waals surface area contributed by atoms with Gasteiger partial charge in [0.1, 0.15) is 0 Å². The average molecular weight is 228 g/mol. The molecular weight excluding hydrogens is 200 g/mol. The van der Waals surface area contributed by atoms with Crippen molar-refractivity contribution in [1.82, 2.24) is 10.2 Å². The first-order valence-electron chi connectivity index (χ1n) is 6.62. The van der Waals surface area contributed by atoms with Crippen LogP contribution in [-0.2, 0) is 4.74 Å². The van der Waals surface area contributed by atoms with Gasteiger partial charge in [-0.05, 0) is 31.8 Å². The van der Waals surface area contributed by atoms with Gasteiger partial charge in [0.25, 0.3) is 0 Å². The Kier molecular flexibility index (Phi) is 6.32. The lowest BCUT2D eigenvalue weighted by Crippen LogP contribution is -2.42. The first-order chi connectivity index (χ1) is 7.76. The number of hydrogen-bond acceptors (Lipinski definition) is 3. The van der Waals surface area contributed by atoms with Gasteiger partial charge in [0.2, 0.25) is 0 Å². The molecule has 96 valence electrons. The third kappa shape index (κ3) is 4.04. The number of nitrogens with one attached hydrogen (secondary N) is 1.